The summed E-state index contributed by atoms with van der Waals surface area (Å²) in [5.41, 5.74) is 3.57. The van der Waals surface area contributed by atoms with Gasteiger partial charge in [0, 0.05) is 31.9 Å². The first-order chi connectivity index (χ1) is 13.1. The lowest BCUT2D eigenvalue weighted by Gasteiger charge is -2.39. The van der Waals surface area contributed by atoms with Crippen LogP contribution in [-0.2, 0) is 22.6 Å². The Labute approximate surface area is 160 Å². The highest BCUT2D eigenvalue weighted by molar-refractivity contribution is 5.98. The molecule has 0 saturated carbocycles. The minimum Gasteiger partial charge on any atom is -0.330 e. The molecule has 4 rings (SSSR count). The van der Waals surface area contributed by atoms with E-state index in [1.807, 2.05) is 37.3 Å². The van der Waals surface area contributed by atoms with Crippen LogP contribution in [0.4, 0.5) is 5.69 Å². The maximum absolute atomic E-state index is 13.0. The topological polar surface area (TPSA) is 43.9 Å². The molecule has 0 spiro atoms. The molecule has 0 bridgehead atoms. The van der Waals surface area contributed by atoms with Crippen LogP contribution in [0.25, 0.3) is 0 Å². The van der Waals surface area contributed by atoms with Gasteiger partial charge in [-0.15, -0.1) is 0 Å². The number of hydrogen-bond donors (Lipinski definition) is 0. The molecule has 2 aromatic rings. The summed E-state index contributed by atoms with van der Waals surface area (Å²) >= 11 is 0. The second-order valence-corrected chi connectivity index (χ2v) is 7.31. The number of amides is 2. The number of carbonyl (C=O) groups excluding carboxylic acids is 2. The Hall–Kier alpha value is -2.66. The van der Waals surface area contributed by atoms with Crippen LogP contribution >= 0.6 is 0 Å². The lowest BCUT2D eigenvalue weighted by atomic mass is 9.98. The number of piperazine rings is 1. The van der Waals surface area contributed by atoms with Crippen molar-refractivity contribution < 1.29 is 9.59 Å². The molecule has 27 heavy (non-hydrogen) atoms. The van der Waals surface area contributed by atoms with Crippen LogP contribution in [0.5, 0.6) is 0 Å². The standard InChI is InChI=1S/C22H25N3O2/c1-17(23-12-11-18-7-5-6-8-19(18)15-23)22(27)24-13-14-25(21(26)16-24)20-9-3-2-4-10-20/h2-10,17H,11-16H2,1H3. The normalized spacial score (nSPS) is 18.9. The predicted octanol–water partition coefficient (Wildman–Crippen LogP) is 2.31. The molecule has 5 heteroatoms. The molecule has 0 N–H and O–H groups in total. The monoisotopic (exact) mass is 363 g/mol. The molecule has 1 fully saturated rings. The molecule has 0 radical (unpaired) electrons. The van der Waals surface area contributed by atoms with E-state index in [-0.39, 0.29) is 24.4 Å². The maximum atomic E-state index is 13.0. The second kappa shape index (κ2) is 7.53. The van der Waals surface area contributed by atoms with Crippen LogP contribution in [0.2, 0.25) is 0 Å². The number of fused-ring (bicyclic) bond motifs is 1. The number of para-hydroxylation sites is 1. The highest BCUT2D eigenvalue weighted by Gasteiger charge is 2.33. The number of nitrogens with zero attached hydrogens (tertiary/aromatic N) is 3. The average molecular weight is 363 g/mol. The number of rotatable bonds is 3. The van der Waals surface area contributed by atoms with E-state index >= 15 is 0 Å². The summed E-state index contributed by atoms with van der Waals surface area (Å²) in [5.74, 6) is 0.0347. The zero-order chi connectivity index (χ0) is 18.8. The molecule has 2 aromatic carbocycles. The third kappa shape index (κ3) is 3.60. The van der Waals surface area contributed by atoms with Gasteiger partial charge in [0.25, 0.3) is 0 Å². The Kier molecular flexibility index (Phi) is 4.94. The third-order valence-corrected chi connectivity index (χ3v) is 5.67. The van der Waals surface area contributed by atoms with Crippen molar-refractivity contribution in [3.05, 3.63) is 65.7 Å². The Morgan fingerprint density at radius 3 is 2.33 bits per heavy atom. The molecule has 1 saturated heterocycles. The van der Waals surface area contributed by atoms with Crippen molar-refractivity contribution >= 4 is 17.5 Å². The Morgan fingerprint density at radius 1 is 0.889 bits per heavy atom. The molecular weight excluding hydrogens is 338 g/mol. The zero-order valence-corrected chi connectivity index (χ0v) is 15.7. The van der Waals surface area contributed by atoms with Gasteiger partial charge in [-0.05, 0) is 36.6 Å². The zero-order valence-electron chi connectivity index (χ0n) is 15.7. The largest absolute Gasteiger partial charge is 0.330 e. The summed E-state index contributed by atoms with van der Waals surface area (Å²) in [6.07, 6.45) is 0.967. The van der Waals surface area contributed by atoms with E-state index in [4.69, 9.17) is 0 Å². The van der Waals surface area contributed by atoms with E-state index in [1.165, 1.54) is 11.1 Å². The molecule has 0 aromatic heterocycles. The quantitative estimate of drug-likeness (QED) is 0.841. The van der Waals surface area contributed by atoms with Crippen LogP contribution in [0.15, 0.2) is 54.6 Å². The Bertz CT molecular complexity index is 836. The summed E-state index contributed by atoms with van der Waals surface area (Å²) in [5, 5.41) is 0. The van der Waals surface area contributed by atoms with Gasteiger partial charge in [-0.2, -0.15) is 0 Å². The lowest BCUT2D eigenvalue weighted by molar-refractivity contribution is -0.141. The van der Waals surface area contributed by atoms with Crippen LogP contribution in [-0.4, -0.2) is 53.8 Å². The van der Waals surface area contributed by atoms with Gasteiger partial charge in [-0.25, -0.2) is 0 Å². The molecule has 2 aliphatic heterocycles. The van der Waals surface area contributed by atoms with Crippen molar-refractivity contribution in [3.63, 3.8) is 0 Å². The van der Waals surface area contributed by atoms with Crippen molar-refractivity contribution in [2.45, 2.75) is 25.9 Å². The van der Waals surface area contributed by atoms with E-state index < -0.39 is 0 Å². The van der Waals surface area contributed by atoms with E-state index in [9.17, 15) is 9.59 Å². The van der Waals surface area contributed by atoms with Crippen molar-refractivity contribution in [2.24, 2.45) is 0 Å². The fraction of sp³-hybridized carbons (Fsp3) is 0.364. The fourth-order valence-electron chi connectivity index (χ4n) is 4.01. The predicted molar refractivity (Wildman–Crippen MR) is 105 cm³/mol. The molecule has 140 valence electrons. The summed E-state index contributed by atoms with van der Waals surface area (Å²) in [6, 6.07) is 17.9. The molecule has 1 unspecified atom stereocenters. The SMILES string of the molecule is CC(C(=O)N1CCN(c2ccccc2)C(=O)C1)N1CCc2ccccc2C1. The van der Waals surface area contributed by atoms with Crippen LogP contribution in [0, 0.1) is 0 Å². The summed E-state index contributed by atoms with van der Waals surface area (Å²) in [6.45, 7) is 4.91. The first-order valence-electron chi connectivity index (χ1n) is 9.58. The Balaban J connectivity index is 1.40. The van der Waals surface area contributed by atoms with Crippen LogP contribution in [0.1, 0.15) is 18.1 Å². The van der Waals surface area contributed by atoms with Crippen molar-refractivity contribution in [1.29, 1.82) is 0 Å². The van der Waals surface area contributed by atoms with Crippen molar-refractivity contribution in [3.8, 4) is 0 Å². The molecule has 2 aliphatic rings. The lowest BCUT2D eigenvalue weighted by Crippen LogP contribution is -2.57. The summed E-state index contributed by atoms with van der Waals surface area (Å²) < 4.78 is 0. The first kappa shape index (κ1) is 17.7. The highest BCUT2D eigenvalue weighted by Crippen LogP contribution is 2.22. The van der Waals surface area contributed by atoms with Crippen molar-refractivity contribution in [1.82, 2.24) is 9.80 Å². The Morgan fingerprint density at radius 2 is 1.59 bits per heavy atom. The minimum atomic E-state index is -0.213. The third-order valence-electron chi connectivity index (χ3n) is 5.67. The number of anilines is 1. The molecule has 1 atom stereocenters. The highest BCUT2D eigenvalue weighted by atomic mass is 16.2. The van der Waals surface area contributed by atoms with Gasteiger partial charge in [-0.1, -0.05) is 42.5 Å². The average Bonchev–Trinajstić information content (AvgIpc) is 2.73. The first-order valence-corrected chi connectivity index (χ1v) is 9.58. The minimum absolute atomic E-state index is 0.0167. The maximum Gasteiger partial charge on any atom is 0.246 e. The molecule has 2 heterocycles. The van der Waals surface area contributed by atoms with Gasteiger partial charge in [-0.3, -0.25) is 14.5 Å². The van der Waals surface area contributed by atoms with Gasteiger partial charge in [0.2, 0.25) is 11.8 Å². The molecule has 0 aliphatic carbocycles. The molecule has 5 nitrogen and oxygen atoms in total. The molecular formula is C22H25N3O2. The summed E-state index contributed by atoms with van der Waals surface area (Å²) in [4.78, 5) is 31.3. The summed E-state index contributed by atoms with van der Waals surface area (Å²) in [7, 11) is 0. The van der Waals surface area contributed by atoms with Gasteiger partial charge in [0.15, 0.2) is 0 Å². The smallest absolute Gasteiger partial charge is 0.246 e. The van der Waals surface area contributed by atoms with Crippen LogP contribution in [0.3, 0.4) is 0 Å². The van der Waals surface area contributed by atoms with Gasteiger partial charge < -0.3 is 9.80 Å². The van der Waals surface area contributed by atoms with Crippen molar-refractivity contribution in [2.75, 3.05) is 31.1 Å². The van der Waals surface area contributed by atoms with Crippen LogP contribution < -0.4 is 4.90 Å². The fourth-order valence-corrected chi connectivity index (χ4v) is 4.01. The van der Waals surface area contributed by atoms with E-state index in [1.54, 1.807) is 9.80 Å². The van der Waals surface area contributed by atoms with Gasteiger partial charge >= 0.3 is 0 Å². The number of carbonyl (C=O) groups is 2. The second-order valence-electron chi connectivity index (χ2n) is 7.31. The van der Waals surface area contributed by atoms with E-state index in [0.717, 1.165) is 25.2 Å². The van der Waals surface area contributed by atoms with Gasteiger partial charge in [0.05, 0.1) is 6.04 Å². The van der Waals surface area contributed by atoms with E-state index in [0.29, 0.717) is 13.1 Å². The number of hydrogen-bond acceptors (Lipinski definition) is 3. The molecule has 2 amide bonds. The van der Waals surface area contributed by atoms with E-state index in [2.05, 4.69) is 29.2 Å². The number of benzene rings is 2. The van der Waals surface area contributed by atoms with Gasteiger partial charge in [0.1, 0.15) is 6.54 Å².